The van der Waals surface area contributed by atoms with Crippen molar-refractivity contribution in [2.24, 2.45) is 24.6 Å². The van der Waals surface area contributed by atoms with Gasteiger partial charge in [0.25, 0.3) is 0 Å². The summed E-state index contributed by atoms with van der Waals surface area (Å²) < 4.78 is 1.94. The zero-order valence-electron chi connectivity index (χ0n) is 14.5. The third kappa shape index (κ3) is 2.92. The average Bonchev–Trinajstić information content (AvgIpc) is 3.00. The first-order valence-corrected chi connectivity index (χ1v) is 9.40. The lowest BCUT2D eigenvalue weighted by molar-refractivity contribution is 0.119. The highest BCUT2D eigenvalue weighted by atomic mass is 16.2. The van der Waals surface area contributed by atoms with Gasteiger partial charge in [-0.3, -0.25) is 0 Å². The van der Waals surface area contributed by atoms with Gasteiger partial charge in [-0.1, -0.05) is 12.8 Å². The molecule has 3 fully saturated rings. The first kappa shape index (κ1) is 15.9. The molecule has 1 aromatic rings. The molecule has 0 aromatic carbocycles. The van der Waals surface area contributed by atoms with Gasteiger partial charge in [0.05, 0.1) is 12.0 Å². The molecule has 6 nitrogen and oxygen atoms in total. The minimum atomic E-state index is -0.0310. The standard InChI is InChI=1S/C18H29N5O/c1-22-10-16(20-11-22)14-8-23(9-15(14)19)18(24)21-17(12-4-2-5-12)13-6-3-7-13/h10-15,17H,2-9,19H2,1H3,(H,21,24)/t14-,15-/m0/s1. The van der Waals surface area contributed by atoms with Crippen LogP contribution in [0, 0.1) is 11.8 Å². The zero-order valence-corrected chi connectivity index (χ0v) is 14.5. The Hall–Kier alpha value is -1.56. The van der Waals surface area contributed by atoms with E-state index in [1.54, 1.807) is 6.33 Å². The van der Waals surface area contributed by atoms with Crippen molar-refractivity contribution in [1.29, 1.82) is 0 Å². The van der Waals surface area contributed by atoms with Gasteiger partial charge in [-0.2, -0.15) is 0 Å². The Balaban J connectivity index is 1.39. The number of amides is 2. The molecule has 0 radical (unpaired) electrons. The fourth-order valence-electron chi connectivity index (χ4n) is 4.38. The molecule has 2 aliphatic carbocycles. The number of likely N-dealkylation sites (tertiary alicyclic amines) is 1. The fourth-order valence-corrected chi connectivity index (χ4v) is 4.38. The quantitative estimate of drug-likeness (QED) is 0.884. The Labute approximate surface area is 143 Å². The summed E-state index contributed by atoms with van der Waals surface area (Å²) in [5.41, 5.74) is 7.30. The van der Waals surface area contributed by atoms with E-state index in [9.17, 15) is 4.79 Å². The molecule has 6 heteroatoms. The Morgan fingerprint density at radius 2 is 1.92 bits per heavy atom. The van der Waals surface area contributed by atoms with Gasteiger partial charge < -0.3 is 20.5 Å². The molecule has 1 aromatic heterocycles. The number of aromatic nitrogens is 2. The SMILES string of the molecule is Cn1cnc([C@H]2CN(C(=O)NC(C3CCC3)C3CCC3)C[C@@H]2N)c1. The number of urea groups is 1. The second kappa shape index (κ2) is 6.39. The maximum Gasteiger partial charge on any atom is 0.317 e. The van der Waals surface area contributed by atoms with E-state index in [4.69, 9.17) is 5.73 Å². The number of hydrogen-bond acceptors (Lipinski definition) is 3. The Morgan fingerprint density at radius 1 is 1.25 bits per heavy atom. The second-order valence-corrected chi connectivity index (χ2v) is 8.00. The van der Waals surface area contributed by atoms with Crippen molar-refractivity contribution in [2.45, 2.75) is 56.5 Å². The minimum absolute atomic E-state index is 0.0310. The van der Waals surface area contributed by atoms with Crippen LogP contribution in [0.25, 0.3) is 0 Å². The molecule has 2 saturated carbocycles. The van der Waals surface area contributed by atoms with Gasteiger partial charge in [0.1, 0.15) is 0 Å². The average molecular weight is 331 g/mol. The smallest absolute Gasteiger partial charge is 0.317 e. The van der Waals surface area contributed by atoms with E-state index in [-0.39, 0.29) is 18.0 Å². The molecule has 2 heterocycles. The van der Waals surface area contributed by atoms with Gasteiger partial charge in [0.2, 0.25) is 0 Å². The molecular weight excluding hydrogens is 302 g/mol. The highest BCUT2D eigenvalue weighted by Gasteiger charge is 2.40. The lowest BCUT2D eigenvalue weighted by Gasteiger charge is -2.43. The largest absolute Gasteiger partial charge is 0.340 e. The van der Waals surface area contributed by atoms with Crippen LogP contribution in [0.15, 0.2) is 12.5 Å². The molecular formula is C18H29N5O. The summed E-state index contributed by atoms with van der Waals surface area (Å²) in [7, 11) is 1.96. The summed E-state index contributed by atoms with van der Waals surface area (Å²) in [4.78, 5) is 19.1. The van der Waals surface area contributed by atoms with Crippen LogP contribution in [0.5, 0.6) is 0 Å². The molecule has 4 rings (SSSR count). The molecule has 2 amide bonds. The Bertz CT molecular complexity index is 578. The van der Waals surface area contributed by atoms with Gasteiger partial charge in [0.15, 0.2) is 0 Å². The number of imidazole rings is 1. The number of hydrogen-bond donors (Lipinski definition) is 2. The van der Waals surface area contributed by atoms with Crippen molar-refractivity contribution in [3.63, 3.8) is 0 Å². The van der Waals surface area contributed by atoms with Crippen LogP contribution in [0.3, 0.4) is 0 Å². The van der Waals surface area contributed by atoms with Crippen LogP contribution in [-0.4, -0.2) is 45.7 Å². The number of rotatable bonds is 4. The lowest BCUT2D eigenvalue weighted by atomic mass is 9.68. The van der Waals surface area contributed by atoms with Crippen LogP contribution in [0.1, 0.15) is 50.1 Å². The van der Waals surface area contributed by atoms with Crippen molar-refractivity contribution in [1.82, 2.24) is 19.8 Å². The summed E-state index contributed by atoms with van der Waals surface area (Å²) in [5, 5.41) is 3.37. The lowest BCUT2D eigenvalue weighted by Crippen LogP contribution is -2.53. The van der Waals surface area contributed by atoms with Crippen molar-refractivity contribution < 1.29 is 4.79 Å². The van der Waals surface area contributed by atoms with Crippen molar-refractivity contribution in [3.05, 3.63) is 18.2 Å². The van der Waals surface area contributed by atoms with Crippen LogP contribution >= 0.6 is 0 Å². The van der Waals surface area contributed by atoms with Gasteiger partial charge in [0, 0.05) is 44.3 Å². The molecule has 132 valence electrons. The van der Waals surface area contributed by atoms with Crippen molar-refractivity contribution in [3.8, 4) is 0 Å². The molecule has 1 aliphatic heterocycles. The normalized spacial score (nSPS) is 28.0. The predicted molar refractivity (Wildman–Crippen MR) is 92.5 cm³/mol. The third-order valence-electron chi connectivity index (χ3n) is 6.36. The molecule has 0 bridgehead atoms. The van der Waals surface area contributed by atoms with E-state index in [0.29, 0.717) is 31.0 Å². The van der Waals surface area contributed by atoms with Crippen molar-refractivity contribution >= 4 is 6.03 Å². The summed E-state index contributed by atoms with van der Waals surface area (Å²) in [6.45, 7) is 1.29. The van der Waals surface area contributed by atoms with E-state index in [1.807, 2.05) is 22.7 Å². The first-order valence-electron chi connectivity index (χ1n) is 9.40. The number of carbonyl (C=O) groups is 1. The van der Waals surface area contributed by atoms with Gasteiger partial charge in [-0.15, -0.1) is 0 Å². The van der Waals surface area contributed by atoms with E-state index in [0.717, 1.165) is 5.69 Å². The van der Waals surface area contributed by atoms with Crippen LogP contribution < -0.4 is 11.1 Å². The maximum atomic E-state index is 12.8. The summed E-state index contributed by atoms with van der Waals surface area (Å²) >= 11 is 0. The van der Waals surface area contributed by atoms with Crippen molar-refractivity contribution in [2.75, 3.05) is 13.1 Å². The Morgan fingerprint density at radius 3 is 2.42 bits per heavy atom. The van der Waals surface area contributed by atoms with E-state index in [2.05, 4.69) is 10.3 Å². The highest BCUT2D eigenvalue weighted by Crippen LogP contribution is 2.40. The van der Waals surface area contributed by atoms with Crippen LogP contribution in [0.4, 0.5) is 4.79 Å². The molecule has 0 spiro atoms. The topological polar surface area (TPSA) is 76.2 Å². The predicted octanol–water partition coefficient (Wildman–Crippen LogP) is 1.82. The molecule has 2 atom stereocenters. The van der Waals surface area contributed by atoms with Crippen LogP contribution in [-0.2, 0) is 7.05 Å². The van der Waals surface area contributed by atoms with Gasteiger partial charge in [-0.05, 0) is 37.5 Å². The third-order valence-corrected chi connectivity index (χ3v) is 6.36. The molecule has 0 unspecified atom stereocenters. The van der Waals surface area contributed by atoms with Gasteiger partial charge >= 0.3 is 6.03 Å². The fraction of sp³-hybridized carbons (Fsp3) is 0.778. The first-order chi connectivity index (χ1) is 11.6. The number of nitrogens with one attached hydrogen (secondary N) is 1. The van der Waals surface area contributed by atoms with Crippen LogP contribution in [0.2, 0.25) is 0 Å². The highest BCUT2D eigenvalue weighted by molar-refractivity contribution is 5.75. The zero-order chi connectivity index (χ0) is 16.7. The van der Waals surface area contributed by atoms with E-state index in [1.165, 1.54) is 38.5 Å². The van der Waals surface area contributed by atoms with Gasteiger partial charge in [-0.25, -0.2) is 9.78 Å². The number of carbonyl (C=O) groups excluding carboxylic acids is 1. The number of nitrogens with two attached hydrogens (primary N) is 1. The number of nitrogens with zero attached hydrogens (tertiary/aromatic N) is 3. The van der Waals surface area contributed by atoms with E-state index >= 15 is 0 Å². The molecule has 1 saturated heterocycles. The maximum absolute atomic E-state index is 12.8. The summed E-state index contributed by atoms with van der Waals surface area (Å²) in [5.74, 6) is 1.53. The minimum Gasteiger partial charge on any atom is -0.340 e. The Kier molecular flexibility index (Phi) is 4.24. The molecule has 24 heavy (non-hydrogen) atoms. The monoisotopic (exact) mass is 331 g/mol. The number of aryl methyl sites for hydroxylation is 1. The summed E-state index contributed by atoms with van der Waals surface area (Å²) in [6, 6.07) is 0.425. The summed E-state index contributed by atoms with van der Waals surface area (Å²) in [6.07, 6.45) is 11.6. The van der Waals surface area contributed by atoms with E-state index < -0.39 is 0 Å². The second-order valence-electron chi connectivity index (χ2n) is 8.00. The molecule has 3 aliphatic rings. The molecule has 3 N–H and O–H groups in total.